The molecule has 3 rings (SSSR count). The number of ether oxygens (including phenoxy) is 1. The van der Waals surface area contributed by atoms with Crippen molar-refractivity contribution in [2.24, 2.45) is 0 Å². The molecular weight excluding hydrogens is 272 g/mol. The van der Waals surface area contributed by atoms with E-state index in [9.17, 15) is 14.4 Å². The van der Waals surface area contributed by atoms with Crippen LogP contribution in [0.4, 0.5) is 0 Å². The zero-order valence-electron chi connectivity index (χ0n) is 11.6. The fraction of sp³-hybridized carbons (Fsp3) is 0.400. The quantitative estimate of drug-likeness (QED) is 0.722. The Morgan fingerprint density at radius 1 is 1.14 bits per heavy atom. The van der Waals surface area contributed by atoms with Crippen LogP contribution in [0.3, 0.4) is 0 Å². The number of nitrogens with zero attached hydrogens (tertiary/aromatic N) is 2. The smallest absolute Gasteiger partial charge is 0.261 e. The maximum Gasteiger partial charge on any atom is 0.261 e. The highest BCUT2D eigenvalue weighted by Crippen LogP contribution is 2.19. The van der Waals surface area contributed by atoms with Crippen LogP contribution in [0.25, 0.3) is 0 Å². The van der Waals surface area contributed by atoms with Crippen molar-refractivity contribution in [3.63, 3.8) is 0 Å². The molecule has 0 bridgehead atoms. The van der Waals surface area contributed by atoms with E-state index in [0.29, 0.717) is 31.9 Å². The number of fused-ring (bicyclic) bond motifs is 1. The van der Waals surface area contributed by atoms with Crippen molar-refractivity contribution in [2.75, 3.05) is 32.8 Å². The molecule has 0 N–H and O–H groups in total. The van der Waals surface area contributed by atoms with Crippen LogP contribution in [0.2, 0.25) is 0 Å². The Balaban J connectivity index is 1.75. The van der Waals surface area contributed by atoms with Gasteiger partial charge < -0.3 is 9.64 Å². The van der Waals surface area contributed by atoms with Crippen LogP contribution < -0.4 is 0 Å². The maximum atomic E-state index is 12.4. The monoisotopic (exact) mass is 288 g/mol. The number of hydrogen-bond donors (Lipinski definition) is 0. The lowest BCUT2D eigenvalue weighted by Gasteiger charge is -2.31. The number of benzene rings is 1. The fourth-order valence-corrected chi connectivity index (χ4v) is 2.61. The van der Waals surface area contributed by atoms with Crippen molar-refractivity contribution in [1.82, 2.24) is 9.80 Å². The van der Waals surface area contributed by atoms with Crippen LogP contribution in [-0.4, -0.2) is 60.4 Å². The van der Waals surface area contributed by atoms with Crippen molar-refractivity contribution in [3.8, 4) is 0 Å². The molecule has 0 aliphatic carbocycles. The van der Waals surface area contributed by atoms with Gasteiger partial charge in [-0.05, 0) is 11.6 Å². The lowest BCUT2D eigenvalue weighted by molar-refractivity contribution is -0.141. The number of rotatable bonds is 2. The summed E-state index contributed by atoms with van der Waals surface area (Å²) in [5, 5.41) is 0. The van der Waals surface area contributed by atoms with Gasteiger partial charge in [0.1, 0.15) is 6.54 Å². The number of morpholine rings is 1. The third kappa shape index (κ3) is 2.67. The summed E-state index contributed by atoms with van der Waals surface area (Å²) in [4.78, 5) is 39.3. The minimum absolute atomic E-state index is 0.165. The predicted octanol–water partition coefficient (Wildman–Crippen LogP) is 0.0703. The lowest BCUT2D eigenvalue weighted by atomic mass is 9.98. The third-order valence-electron chi connectivity index (χ3n) is 3.79. The van der Waals surface area contributed by atoms with Crippen LogP contribution in [0.5, 0.6) is 0 Å². The van der Waals surface area contributed by atoms with Gasteiger partial charge in [0, 0.05) is 18.7 Å². The van der Waals surface area contributed by atoms with Crippen molar-refractivity contribution >= 4 is 17.7 Å². The summed E-state index contributed by atoms with van der Waals surface area (Å²) >= 11 is 0. The minimum atomic E-state index is -0.386. The van der Waals surface area contributed by atoms with E-state index < -0.39 is 0 Å². The highest BCUT2D eigenvalue weighted by molar-refractivity contribution is 6.11. The van der Waals surface area contributed by atoms with Crippen LogP contribution in [0, 0.1) is 0 Å². The van der Waals surface area contributed by atoms with E-state index >= 15 is 0 Å². The Labute approximate surface area is 122 Å². The predicted molar refractivity (Wildman–Crippen MR) is 73.6 cm³/mol. The second kappa shape index (κ2) is 5.65. The first-order chi connectivity index (χ1) is 10.2. The van der Waals surface area contributed by atoms with E-state index in [2.05, 4.69) is 0 Å². The summed E-state index contributed by atoms with van der Waals surface area (Å²) < 4.78 is 5.19. The van der Waals surface area contributed by atoms with Gasteiger partial charge in [-0.25, -0.2) is 0 Å². The molecule has 1 aromatic rings. The first-order valence-electron chi connectivity index (χ1n) is 6.95. The van der Waals surface area contributed by atoms with E-state index in [-0.39, 0.29) is 30.7 Å². The van der Waals surface area contributed by atoms with Crippen LogP contribution in [-0.2, 0) is 20.7 Å². The minimum Gasteiger partial charge on any atom is -0.378 e. The maximum absolute atomic E-state index is 12.4. The molecule has 0 spiro atoms. The summed E-state index contributed by atoms with van der Waals surface area (Å²) in [5.41, 5.74) is 1.23. The molecule has 2 aliphatic heterocycles. The Kier molecular flexibility index (Phi) is 3.70. The zero-order valence-corrected chi connectivity index (χ0v) is 11.6. The summed E-state index contributed by atoms with van der Waals surface area (Å²) in [6, 6.07) is 7.02. The summed E-state index contributed by atoms with van der Waals surface area (Å²) in [7, 11) is 0. The molecule has 0 radical (unpaired) electrons. The van der Waals surface area contributed by atoms with Gasteiger partial charge >= 0.3 is 0 Å². The van der Waals surface area contributed by atoms with Gasteiger partial charge in [-0.3, -0.25) is 19.3 Å². The first-order valence-corrected chi connectivity index (χ1v) is 6.95. The largest absolute Gasteiger partial charge is 0.378 e. The molecular formula is C15H16N2O4. The number of hydrogen-bond acceptors (Lipinski definition) is 4. The fourth-order valence-electron chi connectivity index (χ4n) is 2.61. The summed E-state index contributed by atoms with van der Waals surface area (Å²) in [6.45, 7) is 1.82. The lowest BCUT2D eigenvalue weighted by Crippen LogP contribution is -2.50. The topological polar surface area (TPSA) is 66.9 Å². The molecule has 0 unspecified atom stereocenters. The number of carbonyl (C=O) groups is 3. The molecule has 1 aromatic carbocycles. The molecule has 2 aliphatic rings. The molecule has 21 heavy (non-hydrogen) atoms. The highest BCUT2D eigenvalue weighted by Gasteiger charge is 2.33. The second-order valence-electron chi connectivity index (χ2n) is 5.11. The SMILES string of the molecule is O=C(CN1C(=O)Cc2ccccc2C1=O)N1CCOCC1. The Morgan fingerprint density at radius 3 is 2.62 bits per heavy atom. The van der Waals surface area contributed by atoms with E-state index in [1.165, 1.54) is 0 Å². The molecule has 1 fully saturated rings. The van der Waals surface area contributed by atoms with Crippen molar-refractivity contribution in [3.05, 3.63) is 35.4 Å². The second-order valence-corrected chi connectivity index (χ2v) is 5.11. The Bertz CT molecular complexity index is 593. The number of amides is 3. The summed E-state index contributed by atoms with van der Waals surface area (Å²) in [6.07, 6.45) is 0.165. The molecule has 6 heteroatoms. The molecule has 2 heterocycles. The van der Waals surface area contributed by atoms with Crippen molar-refractivity contribution in [2.45, 2.75) is 6.42 Å². The zero-order chi connectivity index (χ0) is 14.8. The molecule has 0 atom stereocenters. The molecule has 110 valence electrons. The average Bonchev–Trinajstić information content (AvgIpc) is 2.52. The molecule has 0 saturated carbocycles. The number of imide groups is 1. The van der Waals surface area contributed by atoms with Gasteiger partial charge in [0.25, 0.3) is 5.91 Å². The van der Waals surface area contributed by atoms with Gasteiger partial charge in [0.05, 0.1) is 19.6 Å². The van der Waals surface area contributed by atoms with Gasteiger partial charge in [-0.1, -0.05) is 18.2 Å². The van der Waals surface area contributed by atoms with E-state index in [1.807, 2.05) is 0 Å². The van der Waals surface area contributed by atoms with Crippen LogP contribution in [0.15, 0.2) is 24.3 Å². The van der Waals surface area contributed by atoms with E-state index in [4.69, 9.17) is 4.74 Å². The highest BCUT2D eigenvalue weighted by atomic mass is 16.5. The summed E-state index contributed by atoms with van der Waals surface area (Å²) in [5.74, 6) is -0.914. The first kappa shape index (κ1) is 13.8. The molecule has 3 amide bonds. The average molecular weight is 288 g/mol. The van der Waals surface area contributed by atoms with Crippen molar-refractivity contribution < 1.29 is 19.1 Å². The van der Waals surface area contributed by atoms with Gasteiger partial charge in [-0.2, -0.15) is 0 Å². The Morgan fingerprint density at radius 2 is 1.86 bits per heavy atom. The van der Waals surface area contributed by atoms with Gasteiger partial charge in [-0.15, -0.1) is 0 Å². The van der Waals surface area contributed by atoms with Gasteiger partial charge in [0.2, 0.25) is 11.8 Å². The third-order valence-corrected chi connectivity index (χ3v) is 3.79. The normalized spacial score (nSPS) is 18.7. The number of carbonyl (C=O) groups excluding carboxylic acids is 3. The van der Waals surface area contributed by atoms with E-state index in [0.717, 1.165) is 10.5 Å². The Hall–Kier alpha value is -2.21. The van der Waals surface area contributed by atoms with Crippen LogP contribution in [0.1, 0.15) is 15.9 Å². The van der Waals surface area contributed by atoms with E-state index in [1.54, 1.807) is 29.2 Å². The molecule has 0 aromatic heterocycles. The van der Waals surface area contributed by atoms with Crippen molar-refractivity contribution in [1.29, 1.82) is 0 Å². The van der Waals surface area contributed by atoms with Gasteiger partial charge in [0.15, 0.2) is 0 Å². The molecule has 6 nitrogen and oxygen atoms in total. The molecule has 1 saturated heterocycles. The van der Waals surface area contributed by atoms with Crippen LogP contribution >= 0.6 is 0 Å². The standard InChI is InChI=1S/C15H16N2O4/c18-13-9-11-3-1-2-4-12(11)15(20)17(13)10-14(19)16-5-7-21-8-6-16/h1-4H,5-10H2.